The monoisotopic (exact) mass is 500 g/mol. The molecule has 2 aromatic rings. The number of aromatic nitrogens is 2. The number of halogens is 2. The SMILES string of the molecule is CC/C=C/C=C\C(=C(/C)OC(F)F)c1cc(NCc2cccnc2OC)c(N(C)C(C)C)c(CC)n1. The standard InChI is InChI=1S/C28H38F2N4O2/c1-8-10-11-12-15-22(20(5)36-28(29)30)24-17-25(26(23(9-2)33-24)34(6)19(3)4)32-18-21-14-13-16-31-27(21)35-7/h10-17,19,28H,8-9,18H2,1-7H3,(H,32,33)/b11-10+,15-12-,22-20-. The Balaban J connectivity index is 2.67. The van der Waals surface area contributed by atoms with Crippen LogP contribution in [-0.4, -0.2) is 36.8 Å². The molecule has 196 valence electrons. The molecule has 0 spiro atoms. The van der Waals surface area contributed by atoms with Gasteiger partial charge in [-0.1, -0.05) is 38.1 Å². The van der Waals surface area contributed by atoms with E-state index in [-0.39, 0.29) is 11.8 Å². The minimum atomic E-state index is -2.92. The van der Waals surface area contributed by atoms with Crippen molar-refractivity contribution in [3.05, 3.63) is 71.4 Å². The normalized spacial score (nSPS) is 12.5. The summed E-state index contributed by atoms with van der Waals surface area (Å²) in [7, 11) is 3.61. The molecule has 1 N–H and O–H groups in total. The summed E-state index contributed by atoms with van der Waals surface area (Å²) in [5.74, 6) is 0.645. The lowest BCUT2D eigenvalue weighted by atomic mass is 10.0. The van der Waals surface area contributed by atoms with Gasteiger partial charge >= 0.3 is 6.61 Å². The summed E-state index contributed by atoms with van der Waals surface area (Å²) in [5, 5.41) is 3.51. The van der Waals surface area contributed by atoms with Gasteiger partial charge in [-0.15, -0.1) is 0 Å². The van der Waals surface area contributed by atoms with E-state index < -0.39 is 6.61 Å². The molecular weight excluding hydrogens is 462 g/mol. The summed E-state index contributed by atoms with van der Waals surface area (Å²) in [6, 6.07) is 5.91. The predicted octanol–water partition coefficient (Wildman–Crippen LogP) is 7.00. The molecule has 0 fully saturated rings. The molecule has 0 amide bonds. The molecule has 0 atom stereocenters. The molecule has 0 saturated carbocycles. The Morgan fingerprint density at radius 3 is 2.58 bits per heavy atom. The van der Waals surface area contributed by atoms with E-state index in [0.717, 1.165) is 29.1 Å². The molecule has 0 radical (unpaired) electrons. The second-order valence-corrected chi connectivity index (χ2v) is 8.48. The molecule has 0 unspecified atom stereocenters. The lowest BCUT2D eigenvalue weighted by Gasteiger charge is -2.29. The molecule has 2 aromatic heterocycles. The van der Waals surface area contributed by atoms with Crippen molar-refractivity contribution in [1.29, 1.82) is 0 Å². The number of pyridine rings is 2. The first-order valence-corrected chi connectivity index (χ1v) is 12.2. The summed E-state index contributed by atoms with van der Waals surface area (Å²) in [6.45, 7) is 7.34. The third-order valence-corrected chi connectivity index (χ3v) is 5.71. The van der Waals surface area contributed by atoms with Crippen molar-refractivity contribution >= 4 is 16.9 Å². The minimum absolute atomic E-state index is 0.102. The summed E-state index contributed by atoms with van der Waals surface area (Å²) < 4.78 is 36.4. The molecule has 0 aliphatic heterocycles. The van der Waals surface area contributed by atoms with E-state index in [0.29, 0.717) is 30.1 Å². The summed E-state index contributed by atoms with van der Waals surface area (Å²) >= 11 is 0. The van der Waals surface area contributed by atoms with Gasteiger partial charge in [-0.05, 0) is 51.8 Å². The van der Waals surface area contributed by atoms with E-state index in [1.165, 1.54) is 6.92 Å². The number of rotatable bonds is 13. The zero-order valence-electron chi connectivity index (χ0n) is 22.3. The van der Waals surface area contributed by atoms with Gasteiger partial charge in [0.25, 0.3) is 0 Å². The number of hydrogen-bond acceptors (Lipinski definition) is 6. The van der Waals surface area contributed by atoms with Crippen molar-refractivity contribution in [3.63, 3.8) is 0 Å². The molecule has 36 heavy (non-hydrogen) atoms. The van der Waals surface area contributed by atoms with E-state index in [1.807, 2.05) is 57.3 Å². The van der Waals surface area contributed by atoms with Crippen molar-refractivity contribution in [1.82, 2.24) is 9.97 Å². The molecule has 8 heteroatoms. The van der Waals surface area contributed by atoms with Crippen molar-refractivity contribution in [2.75, 3.05) is 24.4 Å². The van der Waals surface area contributed by atoms with E-state index in [2.05, 4.69) is 29.0 Å². The fourth-order valence-corrected chi connectivity index (χ4v) is 3.64. The zero-order chi connectivity index (χ0) is 26.7. The topological polar surface area (TPSA) is 59.5 Å². The first kappa shape index (κ1) is 28.8. The number of alkyl halides is 2. The van der Waals surface area contributed by atoms with Gasteiger partial charge in [-0.3, -0.25) is 4.98 Å². The van der Waals surface area contributed by atoms with Crippen LogP contribution in [0, 0.1) is 0 Å². The Hall–Kier alpha value is -3.42. The van der Waals surface area contributed by atoms with Crippen molar-refractivity contribution in [2.24, 2.45) is 0 Å². The van der Waals surface area contributed by atoms with Gasteiger partial charge < -0.3 is 19.7 Å². The van der Waals surface area contributed by atoms with Crippen LogP contribution >= 0.6 is 0 Å². The zero-order valence-corrected chi connectivity index (χ0v) is 22.3. The van der Waals surface area contributed by atoms with Crippen LogP contribution in [0.25, 0.3) is 5.57 Å². The number of aryl methyl sites for hydroxylation is 1. The number of ether oxygens (including phenoxy) is 2. The minimum Gasteiger partial charge on any atom is -0.481 e. The van der Waals surface area contributed by atoms with Gasteiger partial charge in [0.05, 0.1) is 29.9 Å². The number of hydrogen-bond donors (Lipinski definition) is 1. The van der Waals surface area contributed by atoms with Crippen LogP contribution in [0.1, 0.15) is 58.0 Å². The Morgan fingerprint density at radius 2 is 1.97 bits per heavy atom. The number of anilines is 2. The van der Waals surface area contributed by atoms with Gasteiger partial charge in [0.15, 0.2) is 0 Å². The van der Waals surface area contributed by atoms with Crippen molar-refractivity contribution < 1.29 is 18.3 Å². The van der Waals surface area contributed by atoms with Gasteiger partial charge in [0.2, 0.25) is 5.88 Å². The number of nitrogens with one attached hydrogen (secondary N) is 1. The Bertz CT molecular complexity index is 1080. The molecule has 0 aromatic carbocycles. The summed E-state index contributed by atoms with van der Waals surface area (Å²) in [4.78, 5) is 11.3. The first-order chi connectivity index (χ1) is 17.2. The third kappa shape index (κ3) is 7.80. The van der Waals surface area contributed by atoms with Crippen LogP contribution in [0.15, 0.2) is 54.5 Å². The highest BCUT2D eigenvalue weighted by Crippen LogP contribution is 2.35. The molecule has 2 rings (SSSR count). The van der Waals surface area contributed by atoms with E-state index in [1.54, 1.807) is 19.4 Å². The first-order valence-electron chi connectivity index (χ1n) is 12.2. The van der Waals surface area contributed by atoms with Gasteiger partial charge in [0, 0.05) is 37.0 Å². The highest BCUT2D eigenvalue weighted by atomic mass is 19.3. The Kier molecular flexibility index (Phi) is 11.4. The van der Waals surface area contributed by atoms with Crippen LogP contribution in [0.2, 0.25) is 0 Å². The van der Waals surface area contributed by atoms with Gasteiger partial charge in [0.1, 0.15) is 5.76 Å². The third-order valence-electron chi connectivity index (χ3n) is 5.71. The Labute approximate surface area is 213 Å². The van der Waals surface area contributed by atoms with E-state index >= 15 is 0 Å². The molecule has 2 heterocycles. The summed E-state index contributed by atoms with van der Waals surface area (Å²) in [6.07, 6.45) is 10.6. The average Bonchev–Trinajstić information content (AvgIpc) is 2.86. The smallest absolute Gasteiger partial charge is 0.387 e. The van der Waals surface area contributed by atoms with Gasteiger partial charge in [-0.2, -0.15) is 8.78 Å². The molecule has 0 aliphatic rings. The van der Waals surface area contributed by atoms with Crippen LogP contribution in [0.4, 0.5) is 20.2 Å². The quantitative estimate of drug-likeness (QED) is 0.236. The predicted molar refractivity (Wildman–Crippen MR) is 144 cm³/mol. The largest absolute Gasteiger partial charge is 0.481 e. The van der Waals surface area contributed by atoms with Crippen LogP contribution in [0.5, 0.6) is 5.88 Å². The maximum Gasteiger partial charge on any atom is 0.387 e. The number of nitrogens with zero attached hydrogens (tertiary/aromatic N) is 3. The Morgan fingerprint density at radius 1 is 1.22 bits per heavy atom. The van der Waals surface area contributed by atoms with Crippen LogP contribution in [0.3, 0.4) is 0 Å². The molecule has 0 saturated heterocycles. The average molecular weight is 501 g/mol. The lowest BCUT2D eigenvalue weighted by Crippen LogP contribution is -2.28. The lowest BCUT2D eigenvalue weighted by molar-refractivity contribution is -0.0946. The highest BCUT2D eigenvalue weighted by Gasteiger charge is 2.20. The van der Waals surface area contributed by atoms with Crippen LogP contribution in [-0.2, 0) is 17.7 Å². The maximum absolute atomic E-state index is 13.1. The molecule has 0 bridgehead atoms. The molecule has 6 nitrogen and oxygen atoms in total. The fraction of sp³-hybridized carbons (Fsp3) is 0.429. The molecule has 0 aliphatic carbocycles. The van der Waals surface area contributed by atoms with E-state index in [4.69, 9.17) is 14.5 Å². The van der Waals surface area contributed by atoms with E-state index in [9.17, 15) is 8.78 Å². The maximum atomic E-state index is 13.1. The fourth-order valence-electron chi connectivity index (χ4n) is 3.64. The molecular formula is C28H38F2N4O2. The second-order valence-electron chi connectivity index (χ2n) is 8.48. The number of allylic oxidation sites excluding steroid dienone is 6. The van der Waals surface area contributed by atoms with Crippen molar-refractivity contribution in [3.8, 4) is 5.88 Å². The summed E-state index contributed by atoms with van der Waals surface area (Å²) in [5.41, 5.74) is 4.58. The van der Waals surface area contributed by atoms with Crippen LogP contribution < -0.4 is 15.0 Å². The van der Waals surface area contributed by atoms with Crippen molar-refractivity contribution in [2.45, 2.75) is 66.7 Å². The highest BCUT2D eigenvalue weighted by molar-refractivity contribution is 5.81. The number of methoxy groups -OCH3 is 1. The van der Waals surface area contributed by atoms with Gasteiger partial charge in [-0.25, -0.2) is 4.98 Å². The second kappa shape index (κ2) is 14.2.